The third-order valence-corrected chi connectivity index (χ3v) is 2.67. The Balaban J connectivity index is 3.01. The minimum atomic E-state index is 0.142. The molecule has 1 aliphatic rings. The molecule has 0 aromatic heterocycles. The van der Waals surface area contributed by atoms with Crippen LogP contribution < -0.4 is 5.32 Å². The van der Waals surface area contributed by atoms with E-state index in [1.54, 1.807) is 0 Å². The fraction of sp³-hybridized carbons (Fsp3) is 0.818. The summed E-state index contributed by atoms with van der Waals surface area (Å²) in [6, 6.07) is 0.583. The van der Waals surface area contributed by atoms with Crippen molar-refractivity contribution in [3.63, 3.8) is 0 Å². The van der Waals surface area contributed by atoms with E-state index in [1.165, 1.54) is 11.3 Å². The molecule has 1 aliphatic heterocycles. The summed E-state index contributed by atoms with van der Waals surface area (Å²) in [6.45, 7) is 14.3. The fourth-order valence-electron chi connectivity index (χ4n) is 2.16. The molecular formula is C11H22N2. The first-order valence-corrected chi connectivity index (χ1v) is 5.06. The van der Waals surface area contributed by atoms with Gasteiger partial charge in [-0.2, -0.15) is 0 Å². The molecule has 1 heterocycles. The average molecular weight is 182 g/mol. The number of nitrogens with one attached hydrogen (secondary N) is 1. The molecule has 0 saturated carbocycles. The van der Waals surface area contributed by atoms with Crippen molar-refractivity contribution < 1.29 is 0 Å². The van der Waals surface area contributed by atoms with Crippen molar-refractivity contribution in [3.05, 3.63) is 11.3 Å². The number of nitrogens with zero attached hydrogens (tertiary/aromatic N) is 1. The summed E-state index contributed by atoms with van der Waals surface area (Å²) in [5, 5.41) is 3.53. The number of allylic oxidation sites excluding steroid dienone is 1. The lowest BCUT2D eigenvalue weighted by molar-refractivity contribution is 0.311. The molecule has 0 bridgehead atoms. The normalized spacial score (nSPS) is 21.5. The van der Waals surface area contributed by atoms with Gasteiger partial charge in [0.25, 0.3) is 0 Å². The van der Waals surface area contributed by atoms with Crippen LogP contribution in [0.4, 0.5) is 0 Å². The van der Waals surface area contributed by atoms with Gasteiger partial charge < -0.3 is 4.90 Å². The van der Waals surface area contributed by atoms with Gasteiger partial charge in [-0.05, 0) is 41.5 Å². The van der Waals surface area contributed by atoms with E-state index >= 15 is 0 Å². The molecule has 2 nitrogen and oxygen atoms in total. The summed E-state index contributed by atoms with van der Waals surface area (Å²) in [5.74, 6) is 0. The van der Waals surface area contributed by atoms with E-state index in [0.717, 1.165) is 6.67 Å². The van der Waals surface area contributed by atoms with Crippen LogP contribution in [0.25, 0.3) is 0 Å². The zero-order valence-electron chi connectivity index (χ0n) is 9.73. The van der Waals surface area contributed by atoms with Gasteiger partial charge in [-0.1, -0.05) is 5.57 Å². The maximum absolute atomic E-state index is 3.53. The van der Waals surface area contributed by atoms with Crippen LogP contribution in [0.5, 0.6) is 0 Å². The largest absolute Gasteiger partial charge is 0.358 e. The second-order valence-electron chi connectivity index (χ2n) is 4.87. The van der Waals surface area contributed by atoms with Gasteiger partial charge in [-0.15, -0.1) is 0 Å². The van der Waals surface area contributed by atoms with E-state index < -0.39 is 0 Å². The second-order valence-corrected chi connectivity index (χ2v) is 4.87. The van der Waals surface area contributed by atoms with Gasteiger partial charge in [0.05, 0.1) is 12.2 Å². The quantitative estimate of drug-likeness (QED) is 0.669. The molecule has 76 valence electrons. The van der Waals surface area contributed by atoms with Crippen molar-refractivity contribution in [1.82, 2.24) is 10.2 Å². The monoisotopic (exact) mass is 182 g/mol. The lowest BCUT2D eigenvalue weighted by Crippen LogP contribution is -2.34. The minimum Gasteiger partial charge on any atom is -0.358 e. The van der Waals surface area contributed by atoms with Crippen LogP contribution in [-0.2, 0) is 0 Å². The average Bonchev–Trinajstić information content (AvgIpc) is 2.24. The van der Waals surface area contributed by atoms with Gasteiger partial charge in [-0.25, -0.2) is 0 Å². The number of hydrogen-bond donors (Lipinski definition) is 1. The molecule has 0 aliphatic carbocycles. The van der Waals surface area contributed by atoms with Crippen LogP contribution >= 0.6 is 0 Å². The molecule has 1 saturated heterocycles. The van der Waals surface area contributed by atoms with Crippen molar-refractivity contribution in [2.45, 2.75) is 53.1 Å². The molecule has 1 N–H and O–H groups in total. The Labute approximate surface area is 82.0 Å². The van der Waals surface area contributed by atoms with Gasteiger partial charge in [-0.3, -0.25) is 5.32 Å². The third kappa shape index (κ3) is 1.88. The van der Waals surface area contributed by atoms with Crippen molar-refractivity contribution in [3.8, 4) is 0 Å². The Hall–Kier alpha value is -0.500. The molecule has 0 atom stereocenters. The molecule has 1 fully saturated rings. The minimum absolute atomic E-state index is 0.142. The van der Waals surface area contributed by atoms with Crippen molar-refractivity contribution in [1.29, 1.82) is 0 Å². The molecule has 0 aromatic rings. The highest BCUT2D eigenvalue weighted by molar-refractivity contribution is 5.25. The summed E-state index contributed by atoms with van der Waals surface area (Å²) in [7, 11) is 0. The van der Waals surface area contributed by atoms with Crippen LogP contribution in [0.1, 0.15) is 41.5 Å². The highest BCUT2D eigenvalue weighted by atomic mass is 15.3. The first-order chi connectivity index (χ1) is 5.86. The highest BCUT2D eigenvalue weighted by Gasteiger charge is 2.35. The van der Waals surface area contributed by atoms with Crippen LogP contribution in [0.3, 0.4) is 0 Å². The molecule has 0 spiro atoms. The first-order valence-electron chi connectivity index (χ1n) is 5.06. The fourth-order valence-corrected chi connectivity index (χ4v) is 2.16. The van der Waals surface area contributed by atoms with Crippen LogP contribution in [0.15, 0.2) is 11.3 Å². The predicted molar refractivity (Wildman–Crippen MR) is 57.4 cm³/mol. The summed E-state index contributed by atoms with van der Waals surface area (Å²) in [4.78, 5) is 2.44. The number of rotatable bonds is 1. The smallest absolute Gasteiger partial charge is 0.0689 e. The standard InChI is InChI=1S/C11H22N2/c1-8(2)10-11(5,6)12-7-13(10)9(3)4/h9,12H,7H2,1-6H3. The van der Waals surface area contributed by atoms with Gasteiger partial charge in [0.15, 0.2) is 0 Å². The Kier molecular flexibility index (Phi) is 2.71. The van der Waals surface area contributed by atoms with E-state index in [4.69, 9.17) is 0 Å². The lowest BCUT2D eigenvalue weighted by atomic mass is 9.98. The van der Waals surface area contributed by atoms with Crippen LogP contribution in [-0.4, -0.2) is 23.1 Å². The van der Waals surface area contributed by atoms with Crippen molar-refractivity contribution in [2.24, 2.45) is 0 Å². The number of hydrogen-bond acceptors (Lipinski definition) is 2. The first kappa shape index (κ1) is 10.6. The van der Waals surface area contributed by atoms with Gasteiger partial charge >= 0.3 is 0 Å². The zero-order chi connectivity index (χ0) is 10.2. The molecule has 0 radical (unpaired) electrons. The van der Waals surface area contributed by atoms with E-state index in [2.05, 4.69) is 51.8 Å². The third-order valence-electron chi connectivity index (χ3n) is 2.67. The van der Waals surface area contributed by atoms with Gasteiger partial charge in [0.2, 0.25) is 0 Å². The van der Waals surface area contributed by atoms with Crippen molar-refractivity contribution in [2.75, 3.05) is 6.67 Å². The van der Waals surface area contributed by atoms with Crippen LogP contribution in [0, 0.1) is 0 Å². The zero-order valence-corrected chi connectivity index (χ0v) is 9.73. The van der Waals surface area contributed by atoms with Gasteiger partial charge in [0, 0.05) is 11.7 Å². The molecule has 0 amide bonds. The lowest BCUT2D eigenvalue weighted by Gasteiger charge is -2.29. The molecule has 1 rings (SSSR count). The predicted octanol–water partition coefficient (Wildman–Crippen LogP) is 2.33. The van der Waals surface area contributed by atoms with Crippen LogP contribution in [0.2, 0.25) is 0 Å². The molecular weight excluding hydrogens is 160 g/mol. The summed E-state index contributed by atoms with van der Waals surface area (Å²) in [6.07, 6.45) is 0. The van der Waals surface area contributed by atoms with E-state index in [-0.39, 0.29) is 5.54 Å². The molecule has 0 unspecified atom stereocenters. The summed E-state index contributed by atoms with van der Waals surface area (Å²) < 4.78 is 0. The maximum atomic E-state index is 3.53. The Morgan fingerprint density at radius 2 is 1.92 bits per heavy atom. The topological polar surface area (TPSA) is 15.3 Å². The Morgan fingerprint density at radius 1 is 1.38 bits per heavy atom. The van der Waals surface area contributed by atoms with Gasteiger partial charge in [0.1, 0.15) is 0 Å². The van der Waals surface area contributed by atoms with Crippen molar-refractivity contribution >= 4 is 0 Å². The van der Waals surface area contributed by atoms with E-state index in [1.807, 2.05) is 0 Å². The summed E-state index contributed by atoms with van der Waals surface area (Å²) >= 11 is 0. The Bertz CT molecular complexity index is 222. The van der Waals surface area contributed by atoms with E-state index in [9.17, 15) is 0 Å². The summed E-state index contributed by atoms with van der Waals surface area (Å²) in [5.41, 5.74) is 3.02. The Morgan fingerprint density at radius 3 is 2.23 bits per heavy atom. The highest BCUT2D eigenvalue weighted by Crippen LogP contribution is 2.29. The molecule has 2 heteroatoms. The maximum Gasteiger partial charge on any atom is 0.0689 e. The molecule has 13 heavy (non-hydrogen) atoms. The van der Waals surface area contributed by atoms with E-state index in [0.29, 0.717) is 6.04 Å². The SMILES string of the molecule is CC(C)=C1N(C(C)C)CNC1(C)C. The molecule has 0 aromatic carbocycles. The second kappa shape index (κ2) is 3.33.